The quantitative estimate of drug-likeness (QED) is 0.658. The van der Waals surface area contributed by atoms with Crippen LogP contribution in [0, 0.1) is 5.41 Å². The number of hydrogen-bond acceptors (Lipinski definition) is 6. The van der Waals surface area contributed by atoms with Gasteiger partial charge in [0.25, 0.3) is 0 Å². The van der Waals surface area contributed by atoms with E-state index in [-0.39, 0.29) is 11.3 Å². The third-order valence-electron chi connectivity index (χ3n) is 4.80. The minimum Gasteiger partial charge on any atom is -0.351 e. The summed E-state index contributed by atoms with van der Waals surface area (Å²) in [6.45, 7) is 8.56. The Morgan fingerprint density at radius 1 is 1.04 bits per heavy atom. The Morgan fingerprint density at radius 3 is 2.36 bits per heavy atom. The Hall–Kier alpha value is -2.74. The first-order chi connectivity index (χ1) is 13.3. The van der Waals surface area contributed by atoms with Gasteiger partial charge in [0, 0.05) is 36.6 Å². The Labute approximate surface area is 168 Å². The Kier molecular flexibility index (Phi) is 4.66. The first-order valence-corrected chi connectivity index (χ1v) is 9.59. The van der Waals surface area contributed by atoms with Gasteiger partial charge in [-0.05, 0) is 24.3 Å². The first kappa shape index (κ1) is 18.6. The second kappa shape index (κ2) is 7.01. The molecule has 4 rings (SSSR count). The number of piperazine rings is 1. The standard InChI is InChI=1S/C19H22ClN7O/c1-19(2,3)18(28)26-10-8-25(9-11-26)16-15-17(22-12-21-16)27(24-23-15)14-6-4-13(20)5-7-14/h4-7,12H,8-11H2,1-3H3. The van der Waals surface area contributed by atoms with Crippen LogP contribution in [0.1, 0.15) is 20.8 Å². The van der Waals surface area contributed by atoms with Crippen molar-refractivity contribution in [3.8, 4) is 5.69 Å². The molecule has 3 aromatic rings. The maximum absolute atomic E-state index is 12.5. The normalized spacial score (nSPS) is 15.3. The van der Waals surface area contributed by atoms with Crippen LogP contribution in [0.15, 0.2) is 30.6 Å². The number of halogens is 1. The fourth-order valence-electron chi connectivity index (χ4n) is 3.32. The molecule has 0 aliphatic carbocycles. The summed E-state index contributed by atoms with van der Waals surface area (Å²) in [5.41, 5.74) is 1.75. The van der Waals surface area contributed by atoms with E-state index in [1.54, 1.807) is 16.8 Å². The predicted octanol–water partition coefficient (Wildman–Crippen LogP) is 2.56. The summed E-state index contributed by atoms with van der Waals surface area (Å²) >= 11 is 5.97. The molecule has 0 saturated carbocycles. The lowest BCUT2D eigenvalue weighted by molar-refractivity contribution is -0.139. The maximum atomic E-state index is 12.5. The fraction of sp³-hybridized carbons (Fsp3) is 0.421. The SMILES string of the molecule is CC(C)(C)C(=O)N1CCN(c2ncnc3c2nnn3-c2ccc(Cl)cc2)CC1. The van der Waals surface area contributed by atoms with E-state index in [9.17, 15) is 4.79 Å². The molecule has 0 radical (unpaired) electrons. The van der Waals surface area contributed by atoms with Crippen LogP contribution in [0.3, 0.4) is 0 Å². The van der Waals surface area contributed by atoms with Crippen molar-refractivity contribution in [1.29, 1.82) is 0 Å². The number of aromatic nitrogens is 5. The number of anilines is 1. The smallest absolute Gasteiger partial charge is 0.228 e. The van der Waals surface area contributed by atoms with Crippen molar-refractivity contribution in [3.63, 3.8) is 0 Å². The molecule has 8 nitrogen and oxygen atoms in total. The number of benzene rings is 1. The van der Waals surface area contributed by atoms with Gasteiger partial charge in [-0.25, -0.2) is 9.97 Å². The molecule has 1 fully saturated rings. The van der Waals surface area contributed by atoms with E-state index in [0.29, 0.717) is 42.4 Å². The molecule has 1 aromatic carbocycles. The molecule has 1 aliphatic rings. The summed E-state index contributed by atoms with van der Waals surface area (Å²) in [6, 6.07) is 7.35. The Balaban J connectivity index is 1.59. The van der Waals surface area contributed by atoms with Crippen LogP contribution in [0.2, 0.25) is 5.02 Å². The van der Waals surface area contributed by atoms with Gasteiger partial charge >= 0.3 is 0 Å². The lowest BCUT2D eigenvalue weighted by Gasteiger charge is -2.38. The van der Waals surface area contributed by atoms with Gasteiger partial charge in [-0.3, -0.25) is 4.79 Å². The van der Waals surface area contributed by atoms with Crippen LogP contribution < -0.4 is 4.90 Å². The molecule has 1 aliphatic heterocycles. The highest BCUT2D eigenvalue weighted by atomic mass is 35.5. The molecule has 28 heavy (non-hydrogen) atoms. The lowest BCUT2D eigenvalue weighted by atomic mass is 9.94. The summed E-state index contributed by atoms with van der Waals surface area (Å²) in [5, 5.41) is 9.23. The molecule has 9 heteroatoms. The molecule has 0 unspecified atom stereocenters. The average molecular weight is 400 g/mol. The van der Waals surface area contributed by atoms with Gasteiger partial charge in [-0.1, -0.05) is 37.6 Å². The van der Waals surface area contributed by atoms with E-state index >= 15 is 0 Å². The van der Waals surface area contributed by atoms with Gasteiger partial charge < -0.3 is 9.80 Å². The summed E-state index contributed by atoms with van der Waals surface area (Å²) < 4.78 is 1.68. The second-order valence-corrected chi connectivity index (χ2v) is 8.31. The predicted molar refractivity (Wildman–Crippen MR) is 108 cm³/mol. The summed E-state index contributed by atoms with van der Waals surface area (Å²) in [4.78, 5) is 25.4. The highest BCUT2D eigenvalue weighted by molar-refractivity contribution is 6.30. The number of carbonyl (C=O) groups is 1. The van der Waals surface area contributed by atoms with Crippen molar-refractivity contribution in [2.45, 2.75) is 20.8 Å². The zero-order chi connectivity index (χ0) is 19.9. The molecule has 1 saturated heterocycles. The molecule has 0 atom stereocenters. The van der Waals surface area contributed by atoms with Crippen molar-refractivity contribution >= 4 is 34.5 Å². The van der Waals surface area contributed by atoms with Crippen LogP contribution >= 0.6 is 11.6 Å². The van der Waals surface area contributed by atoms with Crippen molar-refractivity contribution in [3.05, 3.63) is 35.6 Å². The molecule has 0 N–H and O–H groups in total. The first-order valence-electron chi connectivity index (χ1n) is 9.21. The minimum atomic E-state index is -0.369. The van der Waals surface area contributed by atoms with Crippen LogP contribution in [0.25, 0.3) is 16.9 Å². The molecular formula is C19H22ClN7O. The van der Waals surface area contributed by atoms with E-state index < -0.39 is 0 Å². The van der Waals surface area contributed by atoms with Gasteiger partial charge in [0.05, 0.1) is 5.69 Å². The topological polar surface area (TPSA) is 80.0 Å². The van der Waals surface area contributed by atoms with Crippen LogP contribution in [0.4, 0.5) is 5.82 Å². The van der Waals surface area contributed by atoms with Crippen LogP contribution in [0.5, 0.6) is 0 Å². The lowest BCUT2D eigenvalue weighted by Crippen LogP contribution is -2.51. The molecule has 146 valence electrons. The molecule has 3 heterocycles. The fourth-order valence-corrected chi connectivity index (χ4v) is 3.45. The van der Waals surface area contributed by atoms with Crippen molar-refractivity contribution in [2.24, 2.45) is 5.41 Å². The highest BCUT2D eigenvalue weighted by Gasteiger charge is 2.30. The van der Waals surface area contributed by atoms with Gasteiger partial charge in [-0.2, -0.15) is 4.68 Å². The Morgan fingerprint density at radius 2 is 1.71 bits per heavy atom. The molecule has 0 bridgehead atoms. The number of hydrogen-bond donors (Lipinski definition) is 0. The van der Waals surface area contributed by atoms with E-state index in [0.717, 1.165) is 11.5 Å². The van der Waals surface area contributed by atoms with Crippen molar-refractivity contribution in [1.82, 2.24) is 29.9 Å². The van der Waals surface area contributed by atoms with Gasteiger partial charge in [0.2, 0.25) is 5.91 Å². The number of rotatable bonds is 2. The number of amides is 1. The summed E-state index contributed by atoms with van der Waals surface area (Å²) in [7, 11) is 0. The molecule has 1 amide bonds. The Bertz CT molecular complexity index is 1000. The molecular weight excluding hydrogens is 378 g/mol. The second-order valence-electron chi connectivity index (χ2n) is 7.88. The zero-order valence-corrected chi connectivity index (χ0v) is 16.9. The summed E-state index contributed by atoms with van der Waals surface area (Å²) in [5.74, 6) is 0.918. The zero-order valence-electron chi connectivity index (χ0n) is 16.1. The molecule has 0 spiro atoms. The minimum absolute atomic E-state index is 0.175. The van der Waals surface area contributed by atoms with Crippen LogP contribution in [-0.4, -0.2) is 61.9 Å². The largest absolute Gasteiger partial charge is 0.351 e. The third-order valence-corrected chi connectivity index (χ3v) is 5.05. The van der Waals surface area contributed by atoms with Gasteiger partial charge in [0.1, 0.15) is 6.33 Å². The van der Waals surface area contributed by atoms with Gasteiger partial charge in [0.15, 0.2) is 17.0 Å². The average Bonchev–Trinajstić information content (AvgIpc) is 3.12. The van der Waals surface area contributed by atoms with E-state index in [2.05, 4.69) is 25.2 Å². The highest BCUT2D eigenvalue weighted by Crippen LogP contribution is 2.25. The number of carbonyl (C=O) groups excluding carboxylic acids is 1. The van der Waals surface area contributed by atoms with E-state index in [4.69, 9.17) is 11.6 Å². The van der Waals surface area contributed by atoms with E-state index in [1.807, 2.05) is 37.8 Å². The monoisotopic (exact) mass is 399 g/mol. The summed E-state index contributed by atoms with van der Waals surface area (Å²) in [6.07, 6.45) is 1.53. The van der Waals surface area contributed by atoms with Gasteiger partial charge in [-0.15, -0.1) is 5.10 Å². The molecule has 2 aromatic heterocycles. The number of fused-ring (bicyclic) bond motifs is 1. The van der Waals surface area contributed by atoms with Crippen molar-refractivity contribution in [2.75, 3.05) is 31.1 Å². The van der Waals surface area contributed by atoms with Crippen LogP contribution in [-0.2, 0) is 4.79 Å². The van der Waals surface area contributed by atoms with E-state index in [1.165, 1.54) is 6.33 Å². The third kappa shape index (κ3) is 3.40. The maximum Gasteiger partial charge on any atom is 0.228 e. The van der Waals surface area contributed by atoms with Crippen molar-refractivity contribution < 1.29 is 4.79 Å². The number of nitrogens with zero attached hydrogens (tertiary/aromatic N) is 7.